The number of nitrogens with zero attached hydrogens (tertiary/aromatic N) is 1. The number of hydrogen-bond acceptors (Lipinski definition) is 4. The number of aliphatic carboxylic acids is 1. The molecular formula is C16H22N2O4. The van der Waals surface area contributed by atoms with Crippen LogP contribution in [0, 0.1) is 0 Å². The van der Waals surface area contributed by atoms with Crippen LogP contribution in [0.25, 0.3) is 0 Å². The van der Waals surface area contributed by atoms with Crippen molar-refractivity contribution >= 4 is 17.7 Å². The van der Waals surface area contributed by atoms with Crippen LogP contribution >= 0.6 is 0 Å². The van der Waals surface area contributed by atoms with E-state index < -0.39 is 23.2 Å². The topological polar surface area (TPSA) is 78.9 Å². The lowest BCUT2D eigenvalue weighted by atomic mass is 9.86. The molecule has 2 N–H and O–H groups in total. The van der Waals surface area contributed by atoms with E-state index in [9.17, 15) is 9.59 Å². The Labute approximate surface area is 130 Å². The van der Waals surface area contributed by atoms with E-state index in [1.807, 2.05) is 30.3 Å². The van der Waals surface area contributed by atoms with Crippen molar-refractivity contribution in [3.8, 4) is 0 Å². The number of carboxylic acid groups (broad SMARTS) is 1. The van der Waals surface area contributed by atoms with E-state index in [2.05, 4.69) is 5.32 Å². The molecule has 0 bridgehead atoms. The first-order chi connectivity index (χ1) is 10.2. The Morgan fingerprint density at radius 1 is 1.27 bits per heavy atom. The van der Waals surface area contributed by atoms with Gasteiger partial charge < -0.3 is 20.1 Å². The minimum absolute atomic E-state index is 0.0544. The average Bonchev–Trinajstić information content (AvgIpc) is 2.33. The van der Waals surface area contributed by atoms with Crippen LogP contribution in [-0.4, -0.2) is 46.3 Å². The number of carbonyl (C=O) groups excluding carboxylic acids is 1. The Morgan fingerprint density at radius 2 is 1.86 bits per heavy atom. The molecule has 0 spiro atoms. The number of ether oxygens (including phenoxy) is 1. The highest BCUT2D eigenvalue weighted by Gasteiger charge is 2.48. The van der Waals surface area contributed by atoms with E-state index in [-0.39, 0.29) is 6.42 Å². The largest absolute Gasteiger partial charge is 0.481 e. The van der Waals surface area contributed by atoms with Crippen LogP contribution in [0.4, 0.5) is 10.5 Å². The summed E-state index contributed by atoms with van der Waals surface area (Å²) in [6.07, 6.45) is -0.468. The number of nitrogens with one attached hydrogen (secondary N) is 1. The van der Waals surface area contributed by atoms with Gasteiger partial charge in [-0.3, -0.25) is 4.79 Å². The maximum absolute atomic E-state index is 12.0. The van der Waals surface area contributed by atoms with E-state index >= 15 is 0 Å². The van der Waals surface area contributed by atoms with Crippen LogP contribution in [0.3, 0.4) is 0 Å². The zero-order valence-corrected chi connectivity index (χ0v) is 13.1. The van der Waals surface area contributed by atoms with Crippen LogP contribution in [0.1, 0.15) is 27.2 Å². The van der Waals surface area contributed by atoms with Gasteiger partial charge in [0.15, 0.2) is 0 Å². The molecule has 6 nitrogen and oxygen atoms in total. The number of rotatable bonds is 4. The number of hydrogen-bond donors (Lipinski definition) is 2. The Hall–Kier alpha value is -2.24. The van der Waals surface area contributed by atoms with Crippen molar-refractivity contribution in [2.45, 2.75) is 38.3 Å². The first-order valence-corrected chi connectivity index (χ1v) is 7.22. The number of benzene rings is 1. The summed E-state index contributed by atoms with van der Waals surface area (Å²) in [6, 6.07) is 9.39. The Morgan fingerprint density at radius 3 is 2.36 bits per heavy atom. The molecule has 120 valence electrons. The normalized spacial score (nSPS) is 16.6. The SMILES string of the molecule is CC(C)(C)OC(=O)N1CC(CC(=O)O)(Nc2ccccc2)C1. The van der Waals surface area contributed by atoms with Crippen LogP contribution in [0.5, 0.6) is 0 Å². The van der Waals surface area contributed by atoms with Crippen LogP contribution in [-0.2, 0) is 9.53 Å². The molecule has 22 heavy (non-hydrogen) atoms. The standard InChI is InChI=1S/C16H22N2O4/c1-15(2,3)22-14(21)18-10-16(11-18,9-13(19)20)17-12-7-5-4-6-8-12/h4-8,17H,9-11H2,1-3H3,(H,19,20). The van der Waals surface area contributed by atoms with Crippen molar-refractivity contribution in [2.24, 2.45) is 0 Å². The molecule has 2 rings (SSSR count). The second kappa shape index (κ2) is 5.87. The van der Waals surface area contributed by atoms with E-state index in [4.69, 9.17) is 9.84 Å². The van der Waals surface area contributed by atoms with Gasteiger partial charge in [-0.05, 0) is 32.9 Å². The molecule has 0 unspecified atom stereocenters. The van der Waals surface area contributed by atoms with Gasteiger partial charge in [-0.1, -0.05) is 18.2 Å². The summed E-state index contributed by atoms with van der Waals surface area (Å²) < 4.78 is 5.30. The smallest absolute Gasteiger partial charge is 0.410 e. The molecule has 1 saturated heterocycles. The number of anilines is 1. The first kappa shape index (κ1) is 16.1. The maximum Gasteiger partial charge on any atom is 0.410 e. The highest BCUT2D eigenvalue weighted by atomic mass is 16.6. The molecule has 1 aromatic rings. The van der Waals surface area contributed by atoms with Crippen LogP contribution in [0.2, 0.25) is 0 Å². The molecule has 0 radical (unpaired) electrons. The molecule has 0 aliphatic carbocycles. The molecule has 1 heterocycles. The van der Waals surface area contributed by atoms with Gasteiger partial charge in [0, 0.05) is 18.8 Å². The summed E-state index contributed by atoms with van der Waals surface area (Å²) >= 11 is 0. The second-order valence-corrected chi connectivity index (χ2v) is 6.68. The number of carboxylic acids is 1. The molecule has 1 aliphatic heterocycles. The van der Waals surface area contributed by atoms with Crippen molar-refractivity contribution in [2.75, 3.05) is 18.4 Å². The highest BCUT2D eigenvalue weighted by molar-refractivity contribution is 5.74. The Balaban J connectivity index is 2.02. The van der Waals surface area contributed by atoms with Crippen molar-refractivity contribution in [3.63, 3.8) is 0 Å². The minimum atomic E-state index is -0.896. The lowest BCUT2D eigenvalue weighted by molar-refractivity contribution is -0.139. The first-order valence-electron chi connectivity index (χ1n) is 7.22. The summed E-state index contributed by atoms with van der Waals surface area (Å²) in [7, 11) is 0. The van der Waals surface area contributed by atoms with Crippen molar-refractivity contribution in [1.29, 1.82) is 0 Å². The zero-order valence-electron chi connectivity index (χ0n) is 13.1. The number of carbonyl (C=O) groups is 2. The third-order valence-electron chi connectivity index (χ3n) is 3.31. The zero-order chi connectivity index (χ0) is 16.4. The van der Waals surface area contributed by atoms with Crippen LogP contribution < -0.4 is 5.32 Å². The summed E-state index contributed by atoms with van der Waals surface area (Å²) in [4.78, 5) is 24.6. The lowest BCUT2D eigenvalue weighted by Gasteiger charge is -2.50. The Kier molecular flexibility index (Phi) is 4.30. The van der Waals surface area contributed by atoms with Gasteiger partial charge in [0.25, 0.3) is 0 Å². The average molecular weight is 306 g/mol. The van der Waals surface area contributed by atoms with E-state index in [1.165, 1.54) is 4.90 Å². The molecule has 0 aromatic heterocycles. The van der Waals surface area contributed by atoms with Gasteiger partial charge in [0.2, 0.25) is 0 Å². The maximum atomic E-state index is 12.0. The number of likely N-dealkylation sites (tertiary alicyclic amines) is 1. The predicted molar refractivity (Wildman–Crippen MR) is 82.9 cm³/mol. The molecule has 1 aromatic carbocycles. The quantitative estimate of drug-likeness (QED) is 0.894. The molecule has 6 heteroatoms. The minimum Gasteiger partial charge on any atom is -0.481 e. The molecule has 1 aliphatic rings. The highest BCUT2D eigenvalue weighted by Crippen LogP contribution is 2.30. The molecule has 0 atom stereocenters. The summed E-state index contributed by atoms with van der Waals surface area (Å²) in [5.74, 6) is -0.896. The summed E-state index contributed by atoms with van der Waals surface area (Å²) in [5, 5.41) is 12.4. The molecule has 1 amide bonds. The lowest BCUT2D eigenvalue weighted by Crippen LogP contribution is -2.68. The van der Waals surface area contributed by atoms with E-state index in [0.29, 0.717) is 13.1 Å². The van der Waals surface area contributed by atoms with Crippen molar-refractivity contribution < 1.29 is 19.4 Å². The van der Waals surface area contributed by atoms with Crippen molar-refractivity contribution in [1.82, 2.24) is 4.90 Å². The third-order valence-corrected chi connectivity index (χ3v) is 3.31. The fourth-order valence-electron chi connectivity index (χ4n) is 2.49. The monoisotopic (exact) mass is 306 g/mol. The van der Waals surface area contributed by atoms with E-state index in [0.717, 1.165) is 5.69 Å². The van der Waals surface area contributed by atoms with Crippen LogP contribution in [0.15, 0.2) is 30.3 Å². The fraction of sp³-hybridized carbons (Fsp3) is 0.500. The Bertz CT molecular complexity index is 545. The van der Waals surface area contributed by atoms with Gasteiger partial charge in [0.1, 0.15) is 5.60 Å². The number of amides is 1. The molecular weight excluding hydrogens is 284 g/mol. The fourth-order valence-corrected chi connectivity index (χ4v) is 2.49. The van der Waals surface area contributed by atoms with Gasteiger partial charge in [-0.2, -0.15) is 0 Å². The van der Waals surface area contributed by atoms with Gasteiger partial charge in [0.05, 0.1) is 12.0 Å². The van der Waals surface area contributed by atoms with Gasteiger partial charge in [-0.25, -0.2) is 4.79 Å². The third kappa shape index (κ3) is 4.13. The number of para-hydroxylation sites is 1. The van der Waals surface area contributed by atoms with E-state index in [1.54, 1.807) is 20.8 Å². The van der Waals surface area contributed by atoms with Gasteiger partial charge in [-0.15, -0.1) is 0 Å². The molecule has 1 fully saturated rings. The predicted octanol–water partition coefficient (Wildman–Crippen LogP) is 2.56. The summed E-state index contributed by atoms with van der Waals surface area (Å²) in [6.45, 7) is 6.03. The summed E-state index contributed by atoms with van der Waals surface area (Å²) in [5.41, 5.74) is -0.369. The second-order valence-electron chi connectivity index (χ2n) is 6.68. The van der Waals surface area contributed by atoms with Crippen molar-refractivity contribution in [3.05, 3.63) is 30.3 Å². The molecule has 0 saturated carbocycles. The van der Waals surface area contributed by atoms with Gasteiger partial charge >= 0.3 is 12.1 Å².